The molecule has 0 saturated carbocycles. The van der Waals surface area contributed by atoms with Crippen molar-refractivity contribution in [3.05, 3.63) is 0 Å². The van der Waals surface area contributed by atoms with Crippen LogP contribution in [0.1, 0.15) is 27.2 Å². The first-order valence-electron chi connectivity index (χ1n) is 5.17. The average Bonchev–Trinajstić information content (AvgIpc) is 2.15. The quantitative estimate of drug-likeness (QED) is 0.591. The highest BCUT2D eigenvalue weighted by molar-refractivity contribution is 5.78. The first-order chi connectivity index (χ1) is 6.57. The predicted molar refractivity (Wildman–Crippen MR) is 56.9 cm³/mol. The third-order valence-corrected chi connectivity index (χ3v) is 1.87. The summed E-state index contributed by atoms with van der Waals surface area (Å²) >= 11 is 0. The van der Waals surface area contributed by atoms with E-state index in [2.05, 4.69) is 5.32 Å². The molecule has 4 heteroatoms. The largest absolute Gasteiger partial charge is 0.379 e. The molecule has 0 aromatic heterocycles. The Hall–Kier alpha value is -0.610. The lowest BCUT2D eigenvalue weighted by atomic mass is 10.2. The highest BCUT2D eigenvalue weighted by Gasteiger charge is 2.08. The van der Waals surface area contributed by atoms with Gasteiger partial charge in [-0.2, -0.15) is 0 Å². The zero-order valence-electron chi connectivity index (χ0n) is 9.38. The number of rotatable bonds is 7. The number of nitrogens with one attached hydrogen (secondary N) is 1. The zero-order chi connectivity index (χ0) is 11.0. The second-order valence-electron chi connectivity index (χ2n) is 3.70. The Morgan fingerprint density at radius 1 is 1.43 bits per heavy atom. The SMILES string of the molecule is CC(C)OCCCNC(=O)C(C)CN. The molecule has 0 bridgehead atoms. The lowest BCUT2D eigenvalue weighted by molar-refractivity contribution is -0.124. The van der Waals surface area contributed by atoms with Crippen molar-refractivity contribution < 1.29 is 9.53 Å². The van der Waals surface area contributed by atoms with E-state index in [4.69, 9.17) is 10.5 Å². The van der Waals surface area contributed by atoms with E-state index in [1.165, 1.54) is 0 Å². The minimum Gasteiger partial charge on any atom is -0.379 e. The monoisotopic (exact) mass is 202 g/mol. The first-order valence-corrected chi connectivity index (χ1v) is 5.17. The summed E-state index contributed by atoms with van der Waals surface area (Å²) in [5.74, 6) is -0.0712. The van der Waals surface area contributed by atoms with E-state index in [9.17, 15) is 4.79 Å². The van der Waals surface area contributed by atoms with Crippen molar-refractivity contribution in [2.75, 3.05) is 19.7 Å². The van der Waals surface area contributed by atoms with Gasteiger partial charge in [-0.1, -0.05) is 6.92 Å². The van der Waals surface area contributed by atoms with Gasteiger partial charge in [-0.3, -0.25) is 4.79 Å². The Bertz CT molecular complexity index is 160. The van der Waals surface area contributed by atoms with Crippen molar-refractivity contribution >= 4 is 5.91 Å². The van der Waals surface area contributed by atoms with Crippen molar-refractivity contribution in [2.45, 2.75) is 33.3 Å². The van der Waals surface area contributed by atoms with Crippen molar-refractivity contribution in [1.29, 1.82) is 0 Å². The number of ether oxygens (including phenoxy) is 1. The molecular formula is C10H22N2O2. The Morgan fingerprint density at radius 3 is 2.57 bits per heavy atom. The van der Waals surface area contributed by atoms with Gasteiger partial charge in [-0.15, -0.1) is 0 Å². The molecular weight excluding hydrogens is 180 g/mol. The van der Waals surface area contributed by atoms with Gasteiger partial charge in [0.2, 0.25) is 5.91 Å². The normalized spacial score (nSPS) is 12.9. The minimum atomic E-state index is -0.0963. The van der Waals surface area contributed by atoms with Gasteiger partial charge in [0.1, 0.15) is 0 Å². The summed E-state index contributed by atoms with van der Waals surface area (Å²) in [4.78, 5) is 11.2. The summed E-state index contributed by atoms with van der Waals surface area (Å²) in [5, 5.41) is 2.81. The molecule has 0 aliphatic rings. The molecule has 1 atom stereocenters. The summed E-state index contributed by atoms with van der Waals surface area (Å²) < 4.78 is 5.33. The third-order valence-electron chi connectivity index (χ3n) is 1.87. The number of nitrogens with two attached hydrogens (primary N) is 1. The number of hydrogen-bond donors (Lipinski definition) is 2. The van der Waals surface area contributed by atoms with Gasteiger partial charge in [0, 0.05) is 25.6 Å². The van der Waals surface area contributed by atoms with Gasteiger partial charge in [0.15, 0.2) is 0 Å². The summed E-state index contributed by atoms with van der Waals surface area (Å²) in [6, 6.07) is 0. The molecule has 0 rings (SSSR count). The van der Waals surface area contributed by atoms with E-state index < -0.39 is 0 Å². The fraction of sp³-hybridized carbons (Fsp3) is 0.900. The van der Waals surface area contributed by atoms with Crippen LogP contribution in [0.4, 0.5) is 0 Å². The third kappa shape index (κ3) is 6.86. The summed E-state index contributed by atoms with van der Waals surface area (Å²) in [7, 11) is 0. The molecule has 0 aliphatic carbocycles. The molecule has 0 spiro atoms. The number of hydrogen-bond acceptors (Lipinski definition) is 3. The van der Waals surface area contributed by atoms with E-state index in [0.717, 1.165) is 6.42 Å². The van der Waals surface area contributed by atoms with Crippen LogP contribution >= 0.6 is 0 Å². The van der Waals surface area contributed by atoms with Crippen LogP contribution in [0.2, 0.25) is 0 Å². The molecule has 0 aromatic carbocycles. The van der Waals surface area contributed by atoms with Crippen LogP contribution in [0.5, 0.6) is 0 Å². The van der Waals surface area contributed by atoms with Crippen LogP contribution in [0, 0.1) is 5.92 Å². The van der Waals surface area contributed by atoms with Crippen molar-refractivity contribution in [1.82, 2.24) is 5.32 Å². The molecule has 84 valence electrons. The van der Waals surface area contributed by atoms with E-state index in [-0.39, 0.29) is 17.9 Å². The number of carbonyl (C=O) groups excluding carboxylic acids is 1. The van der Waals surface area contributed by atoms with E-state index in [0.29, 0.717) is 19.7 Å². The number of carbonyl (C=O) groups is 1. The van der Waals surface area contributed by atoms with Crippen LogP contribution in [0.3, 0.4) is 0 Å². The molecule has 0 saturated heterocycles. The molecule has 0 radical (unpaired) electrons. The lowest BCUT2D eigenvalue weighted by Crippen LogP contribution is -2.34. The summed E-state index contributed by atoms with van der Waals surface area (Å²) in [5.41, 5.74) is 5.36. The minimum absolute atomic E-state index is 0.0250. The Kier molecular flexibility index (Phi) is 7.42. The zero-order valence-corrected chi connectivity index (χ0v) is 9.38. The van der Waals surface area contributed by atoms with Crippen LogP contribution < -0.4 is 11.1 Å². The predicted octanol–water partition coefficient (Wildman–Crippen LogP) is 0.513. The molecule has 0 aliphatic heterocycles. The topological polar surface area (TPSA) is 64.3 Å². The lowest BCUT2D eigenvalue weighted by Gasteiger charge is -2.10. The molecule has 1 unspecified atom stereocenters. The van der Waals surface area contributed by atoms with Crippen LogP contribution in [0.25, 0.3) is 0 Å². The van der Waals surface area contributed by atoms with Gasteiger partial charge in [0.25, 0.3) is 0 Å². The molecule has 14 heavy (non-hydrogen) atoms. The van der Waals surface area contributed by atoms with Gasteiger partial charge in [-0.25, -0.2) is 0 Å². The fourth-order valence-electron chi connectivity index (χ4n) is 0.884. The maximum atomic E-state index is 11.2. The van der Waals surface area contributed by atoms with Gasteiger partial charge >= 0.3 is 0 Å². The summed E-state index contributed by atoms with van der Waals surface area (Å²) in [6.45, 7) is 7.56. The highest BCUT2D eigenvalue weighted by Crippen LogP contribution is 1.92. The van der Waals surface area contributed by atoms with Crippen molar-refractivity contribution in [2.24, 2.45) is 11.7 Å². The second kappa shape index (κ2) is 7.76. The van der Waals surface area contributed by atoms with Gasteiger partial charge < -0.3 is 15.8 Å². The van der Waals surface area contributed by atoms with E-state index in [1.807, 2.05) is 20.8 Å². The highest BCUT2D eigenvalue weighted by atomic mass is 16.5. The standard InChI is InChI=1S/C10H22N2O2/c1-8(2)14-6-4-5-12-10(13)9(3)7-11/h8-9H,4-7,11H2,1-3H3,(H,12,13). The Balaban J connectivity index is 3.32. The maximum absolute atomic E-state index is 11.2. The number of amides is 1. The summed E-state index contributed by atoms with van der Waals surface area (Å²) in [6.07, 6.45) is 1.11. The smallest absolute Gasteiger partial charge is 0.224 e. The first kappa shape index (κ1) is 13.4. The molecule has 1 amide bonds. The molecule has 0 fully saturated rings. The van der Waals surface area contributed by atoms with Crippen LogP contribution in [0.15, 0.2) is 0 Å². The van der Waals surface area contributed by atoms with Crippen LogP contribution in [-0.4, -0.2) is 31.7 Å². The van der Waals surface area contributed by atoms with Crippen molar-refractivity contribution in [3.63, 3.8) is 0 Å². The van der Waals surface area contributed by atoms with E-state index >= 15 is 0 Å². The van der Waals surface area contributed by atoms with Crippen LogP contribution in [-0.2, 0) is 9.53 Å². The molecule has 0 aromatic rings. The van der Waals surface area contributed by atoms with E-state index in [1.54, 1.807) is 0 Å². The molecule has 3 N–H and O–H groups in total. The fourth-order valence-corrected chi connectivity index (χ4v) is 0.884. The molecule has 0 heterocycles. The maximum Gasteiger partial charge on any atom is 0.224 e. The second-order valence-corrected chi connectivity index (χ2v) is 3.70. The Labute approximate surface area is 86.2 Å². The molecule has 4 nitrogen and oxygen atoms in total. The van der Waals surface area contributed by atoms with Gasteiger partial charge in [0.05, 0.1) is 6.10 Å². The van der Waals surface area contributed by atoms with Crippen molar-refractivity contribution in [3.8, 4) is 0 Å². The van der Waals surface area contributed by atoms with Gasteiger partial charge in [-0.05, 0) is 20.3 Å². The average molecular weight is 202 g/mol. The Morgan fingerprint density at radius 2 is 2.07 bits per heavy atom.